The summed E-state index contributed by atoms with van der Waals surface area (Å²) in [5.74, 6) is 0.884. The van der Waals surface area contributed by atoms with Gasteiger partial charge in [0.1, 0.15) is 0 Å². The van der Waals surface area contributed by atoms with E-state index in [1.165, 1.54) is 12.1 Å². The van der Waals surface area contributed by atoms with Crippen LogP contribution in [0.25, 0.3) is 0 Å². The lowest BCUT2D eigenvalue weighted by atomic mass is 10.1. The summed E-state index contributed by atoms with van der Waals surface area (Å²) in [7, 11) is 1.85. The van der Waals surface area contributed by atoms with Gasteiger partial charge in [-0.2, -0.15) is 13.2 Å². The van der Waals surface area contributed by atoms with Gasteiger partial charge in [-0.05, 0) is 37.5 Å². The minimum absolute atomic E-state index is 0.188. The molecule has 0 saturated heterocycles. The maximum absolute atomic E-state index is 12.6. The summed E-state index contributed by atoms with van der Waals surface area (Å²) >= 11 is 0. The van der Waals surface area contributed by atoms with Gasteiger partial charge in [-0.1, -0.05) is 18.6 Å². The minimum atomic E-state index is -4.32. The van der Waals surface area contributed by atoms with E-state index in [1.54, 1.807) is 0 Å². The minimum Gasteiger partial charge on any atom is -0.393 e. The molecule has 0 amide bonds. The van der Waals surface area contributed by atoms with E-state index < -0.39 is 11.7 Å². The molecule has 2 atom stereocenters. The number of hydrogen-bond donors (Lipinski definition) is 2. The van der Waals surface area contributed by atoms with Crippen molar-refractivity contribution >= 4 is 5.96 Å². The van der Waals surface area contributed by atoms with Gasteiger partial charge in [0.05, 0.1) is 11.7 Å². The highest BCUT2D eigenvalue weighted by Gasteiger charge is 2.30. The Morgan fingerprint density at radius 1 is 1.28 bits per heavy atom. The Labute approximate surface area is 146 Å². The first-order chi connectivity index (χ1) is 11.8. The van der Waals surface area contributed by atoms with Crippen molar-refractivity contribution in [3.63, 3.8) is 0 Å². The van der Waals surface area contributed by atoms with Crippen molar-refractivity contribution in [3.05, 3.63) is 35.4 Å². The highest BCUT2D eigenvalue weighted by molar-refractivity contribution is 5.79. The molecule has 2 rings (SSSR count). The predicted molar refractivity (Wildman–Crippen MR) is 92.2 cm³/mol. The zero-order chi connectivity index (χ0) is 18.4. The Kier molecular flexibility index (Phi) is 6.70. The topological polar surface area (TPSA) is 47.9 Å². The van der Waals surface area contributed by atoms with Gasteiger partial charge in [0.2, 0.25) is 0 Å². The van der Waals surface area contributed by atoms with Crippen LogP contribution in [0.1, 0.15) is 37.3 Å². The summed E-state index contributed by atoms with van der Waals surface area (Å²) in [6.07, 6.45) is -1.76. The van der Waals surface area contributed by atoms with Gasteiger partial charge >= 0.3 is 6.18 Å². The lowest BCUT2D eigenvalue weighted by Crippen LogP contribution is -2.39. The van der Waals surface area contributed by atoms with Crippen molar-refractivity contribution in [1.29, 1.82) is 0 Å². The number of aliphatic hydroxyl groups excluding tert-OH is 1. The monoisotopic (exact) mass is 357 g/mol. The first kappa shape index (κ1) is 19.6. The van der Waals surface area contributed by atoms with Crippen LogP contribution in [0.2, 0.25) is 0 Å². The molecule has 1 aromatic carbocycles. The van der Waals surface area contributed by atoms with Crippen molar-refractivity contribution in [2.24, 2.45) is 10.9 Å². The maximum Gasteiger partial charge on any atom is 0.416 e. The van der Waals surface area contributed by atoms with E-state index >= 15 is 0 Å². The van der Waals surface area contributed by atoms with E-state index in [1.807, 2.05) is 18.9 Å². The Hall–Kier alpha value is -1.76. The molecule has 2 N–H and O–H groups in total. The number of rotatable bonds is 5. The Morgan fingerprint density at radius 2 is 1.96 bits per heavy atom. The average molecular weight is 357 g/mol. The largest absolute Gasteiger partial charge is 0.416 e. The Morgan fingerprint density at radius 3 is 2.48 bits per heavy atom. The number of alkyl halides is 3. The number of benzene rings is 1. The molecule has 0 bridgehead atoms. The molecule has 1 aliphatic carbocycles. The van der Waals surface area contributed by atoms with E-state index in [-0.39, 0.29) is 12.0 Å². The van der Waals surface area contributed by atoms with E-state index in [9.17, 15) is 18.3 Å². The molecule has 7 heteroatoms. The first-order valence-corrected chi connectivity index (χ1v) is 8.65. The molecular formula is C18H26F3N3O. The fourth-order valence-corrected chi connectivity index (χ4v) is 3.05. The zero-order valence-corrected chi connectivity index (χ0v) is 14.7. The van der Waals surface area contributed by atoms with Gasteiger partial charge in [-0.25, -0.2) is 0 Å². The third-order valence-electron chi connectivity index (χ3n) is 4.49. The fraction of sp³-hybridized carbons (Fsp3) is 0.611. The molecule has 1 aliphatic rings. The smallest absolute Gasteiger partial charge is 0.393 e. The molecule has 1 saturated carbocycles. The number of nitrogens with zero attached hydrogens (tertiary/aromatic N) is 2. The van der Waals surface area contributed by atoms with E-state index in [2.05, 4.69) is 10.3 Å². The molecular weight excluding hydrogens is 331 g/mol. The normalized spacial score (nSPS) is 21.4. The van der Waals surface area contributed by atoms with Crippen LogP contribution >= 0.6 is 0 Å². The standard InChI is InChI=1S/C18H26F3N3O/c1-3-22-17(23-11-14-5-4-6-16(14)25)24(2)12-13-7-9-15(10-8-13)18(19,20)21/h7-10,14,16,25H,3-6,11-12H2,1-2H3,(H,22,23). The molecule has 0 radical (unpaired) electrons. The molecule has 0 spiro atoms. The van der Waals surface area contributed by atoms with Crippen molar-refractivity contribution < 1.29 is 18.3 Å². The van der Waals surface area contributed by atoms with Crippen LogP contribution in [-0.2, 0) is 12.7 Å². The molecule has 0 aromatic heterocycles. The van der Waals surface area contributed by atoms with Crippen molar-refractivity contribution in [1.82, 2.24) is 10.2 Å². The van der Waals surface area contributed by atoms with Gasteiger partial charge in [0.25, 0.3) is 0 Å². The molecule has 1 fully saturated rings. The predicted octanol–water partition coefficient (Wildman–Crippen LogP) is 3.26. The second-order valence-electron chi connectivity index (χ2n) is 6.50. The molecule has 4 nitrogen and oxygen atoms in total. The summed E-state index contributed by atoms with van der Waals surface area (Å²) in [6, 6.07) is 5.18. The van der Waals surface area contributed by atoms with E-state index in [0.717, 1.165) is 37.0 Å². The highest BCUT2D eigenvalue weighted by atomic mass is 19.4. The molecule has 25 heavy (non-hydrogen) atoms. The number of guanidine groups is 1. The van der Waals surface area contributed by atoms with Crippen LogP contribution in [0.4, 0.5) is 13.2 Å². The third-order valence-corrected chi connectivity index (χ3v) is 4.49. The average Bonchev–Trinajstić information content (AvgIpc) is 2.96. The Balaban J connectivity index is 2.00. The van der Waals surface area contributed by atoms with Gasteiger partial charge in [-0.3, -0.25) is 4.99 Å². The van der Waals surface area contributed by atoms with Crippen LogP contribution in [0.15, 0.2) is 29.3 Å². The quantitative estimate of drug-likeness (QED) is 0.628. The lowest BCUT2D eigenvalue weighted by Gasteiger charge is -2.23. The van der Waals surface area contributed by atoms with Gasteiger partial charge in [0.15, 0.2) is 5.96 Å². The van der Waals surface area contributed by atoms with Gasteiger partial charge in [-0.15, -0.1) is 0 Å². The number of aliphatic hydroxyl groups is 1. The van der Waals surface area contributed by atoms with E-state index in [0.29, 0.717) is 25.6 Å². The van der Waals surface area contributed by atoms with Crippen molar-refractivity contribution in [3.8, 4) is 0 Å². The molecule has 0 heterocycles. The number of aliphatic imine (C=N–C) groups is 1. The second-order valence-corrected chi connectivity index (χ2v) is 6.50. The molecule has 2 unspecified atom stereocenters. The first-order valence-electron chi connectivity index (χ1n) is 8.65. The maximum atomic E-state index is 12.6. The number of nitrogens with one attached hydrogen (secondary N) is 1. The lowest BCUT2D eigenvalue weighted by molar-refractivity contribution is -0.137. The highest BCUT2D eigenvalue weighted by Crippen LogP contribution is 2.29. The summed E-state index contributed by atoms with van der Waals surface area (Å²) in [4.78, 5) is 6.47. The van der Waals surface area contributed by atoms with Crippen LogP contribution in [0.3, 0.4) is 0 Å². The SMILES string of the molecule is CCNC(=NCC1CCCC1O)N(C)Cc1ccc(C(F)(F)F)cc1. The van der Waals surface area contributed by atoms with Crippen molar-refractivity contribution in [2.75, 3.05) is 20.1 Å². The fourth-order valence-electron chi connectivity index (χ4n) is 3.05. The number of hydrogen-bond acceptors (Lipinski definition) is 2. The van der Waals surface area contributed by atoms with Crippen LogP contribution in [0.5, 0.6) is 0 Å². The summed E-state index contributed by atoms with van der Waals surface area (Å²) in [5, 5.41) is 13.1. The summed E-state index contributed by atoms with van der Waals surface area (Å²) < 4.78 is 37.9. The van der Waals surface area contributed by atoms with Crippen molar-refractivity contribution in [2.45, 2.75) is 45.0 Å². The van der Waals surface area contributed by atoms with Crippen LogP contribution in [0, 0.1) is 5.92 Å². The third kappa shape index (κ3) is 5.63. The molecule has 0 aliphatic heterocycles. The summed E-state index contributed by atoms with van der Waals surface area (Å²) in [6.45, 7) is 3.67. The summed E-state index contributed by atoms with van der Waals surface area (Å²) in [5.41, 5.74) is 0.136. The van der Waals surface area contributed by atoms with Gasteiger partial charge < -0.3 is 15.3 Å². The molecule has 140 valence electrons. The van der Waals surface area contributed by atoms with E-state index in [4.69, 9.17) is 0 Å². The van der Waals surface area contributed by atoms with Crippen LogP contribution in [-0.4, -0.2) is 42.2 Å². The molecule has 1 aromatic rings. The zero-order valence-electron chi connectivity index (χ0n) is 14.7. The number of halogens is 3. The second kappa shape index (κ2) is 8.56. The van der Waals surface area contributed by atoms with Gasteiger partial charge in [0, 0.05) is 32.6 Å². The Bertz CT molecular complexity index is 572. The van der Waals surface area contributed by atoms with Crippen LogP contribution < -0.4 is 5.32 Å².